The molecule has 2 bridgehead atoms. The number of anilines is 2. The molecule has 1 aromatic heterocycles. The Labute approximate surface area is 148 Å². The lowest BCUT2D eigenvalue weighted by Gasteiger charge is -2.15. The highest BCUT2D eigenvalue weighted by atomic mass is 35.5. The van der Waals surface area contributed by atoms with Gasteiger partial charge in [0.1, 0.15) is 11.8 Å². The van der Waals surface area contributed by atoms with E-state index < -0.39 is 6.03 Å². The minimum absolute atomic E-state index is 0.0642. The SMILES string of the molecule is N#Cc1ncc2nc1OCCCCOc1cc(Cl)ccc1NC(=O)N2. The number of benzene rings is 1. The Balaban J connectivity index is 1.88. The summed E-state index contributed by atoms with van der Waals surface area (Å²) in [5.74, 6) is 0.734. The number of carbonyl (C=O) groups is 1. The predicted octanol–water partition coefficient (Wildman–Crippen LogP) is 3.20. The van der Waals surface area contributed by atoms with Gasteiger partial charge in [-0.05, 0) is 25.0 Å². The number of hydrogen-bond acceptors (Lipinski definition) is 6. The van der Waals surface area contributed by atoms with Crippen molar-refractivity contribution in [3.8, 4) is 17.7 Å². The summed E-state index contributed by atoms with van der Waals surface area (Å²) in [4.78, 5) is 20.2. The number of ether oxygens (including phenoxy) is 2. The van der Waals surface area contributed by atoms with E-state index in [4.69, 9.17) is 26.3 Å². The highest BCUT2D eigenvalue weighted by Crippen LogP contribution is 2.28. The van der Waals surface area contributed by atoms with Crippen LogP contribution in [-0.2, 0) is 0 Å². The van der Waals surface area contributed by atoms with Crippen LogP contribution in [0.5, 0.6) is 11.6 Å². The number of carbonyl (C=O) groups excluding carboxylic acids is 1. The second-order valence-corrected chi connectivity index (χ2v) is 5.58. The van der Waals surface area contributed by atoms with Gasteiger partial charge in [0.05, 0.1) is 25.1 Å². The van der Waals surface area contributed by atoms with Crippen LogP contribution in [0, 0.1) is 11.3 Å². The normalized spacial score (nSPS) is 14.5. The van der Waals surface area contributed by atoms with Crippen LogP contribution < -0.4 is 20.1 Å². The van der Waals surface area contributed by atoms with E-state index in [9.17, 15) is 4.79 Å². The molecule has 1 aromatic carbocycles. The summed E-state index contributed by atoms with van der Waals surface area (Å²) >= 11 is 5.99. The van der Waals surface area contributed by atoms with Gasteiger partial charge in [-0.1, -0.05) is 11.6 Å². The van der Waals surface area contributed by atoms with Crippen molar-refractivity contribution in [2.75, 3.05) is 23.8 Å². The maximum absolute atomic E-state index is 12.2. The van der Waals surface area contributed by atoms with Crippen molar-refractivity contribution < 1.29 is 14.3 Å². The maximum atomic E-state index is 12.2. The van der Waals surface area contributed by atoms with Crippen LogP contribution in [0.25, 0.3) is 0 Å². The van der Waals surface area contributed by atoms with Crippen LogP contribution in [0.1, 0.15) is 18.5 Å². The smallest absolute Gasteiger partial charge is 0.325 e. The second-order valence-electron chi connectivity index (χ2n) is 5.14. The zero-order chi connectivity index (χ0) is 17.6. The molecule has 8 nitrogen and oxygen atoms in total. The first kappa shape index (κ1) is 16.8. The number of amides is 2. The van der Waals surface area contributed by atoms with Gasteiger partial charge < -0.3 is 14.8 Å². The summed E-state index contributed by atoms with van der Waals surface area (Å²) in [7, 11) is 0. The fraction of sp³-hybridized carbons (Fsp3) is 0.250. The van der Waals surface area contributed by atoms with Crippen molar-refractivity contribution in [1.29, 1.82) is 5.26 Å². The lowest BCUT2D eigenvalue weighted by Crippen LogP contribution is -2.21. The van der Waals surface area contributed by atoms with Crippen LogP contribution in [-0.4, -0.2) is 29.2 Å². The summed E-state index contributed by atoms with van der Waals surface area (Å²) < 4.78 is 11.2. The third-order valence-corrected chi connectivity index (χ3v) is 3.55. The minimum Gasteiger partial charge on any atom is -0.491 e. The number of nitrogens with one attached hydrogen (secondary N) is 2. The average molecular weight is 360 g/mol. The van der Waals surface area contributed by atoms with Gasteiger partial charge in [-0.3, -0.25) is 5.32 Å². The first-order chi connectivity index (χ1) is 12.2. The van der Waals surface area contributed by atoms with Crippen LogP contribution >= 0.6 is 11.6 Å². The molecule has 1 aliphatic heterocycles. The molecule has 0 saturated heterocycles. The Hall–Kier alpha value is -3.05. The molecule has 0 spiro atoms. The van der Waals surface area contributed by atoms with E-state index in [1.54, 1.807) is 18.2 Å². The van der Waals surface area contributed by atoms with Gasteiger partial charge in [-0.25, -0.2) is 9.78 Å². The van der Waals surface area contributed by atoms with E-state index >= 15 is 0 Å². The molecule has 128 valence electrons. The molecular weight excluding hydrogens is 346 g/mol. The van der Waals surface area contributed by atoms with Crippen molar-refractivity contribution in [3.05, 3.63) is 35.1 Å². The number of urea groups is 1. The number of halogens is 1. The van der Waals surface area contributed by atoms with Crippen molar-refractivity contribution in [2.24, 2.45) is 0 Å². The van der Waals surface area contributed by atoms with Gasteiger partial charge >= 0.3 is 6.03 Å². The molecule has 2 N–H and O–H groups in total. The van der Waals surface area contributed by atoms with Crippen molar-refractivity contribution in [1.82, 2.24) is 9.97 Å². The van der Waals surface area contributed by atoms with Crippen LogP contribution in [0.4, 0.5) is 16.3 Å². The van der Waals surface area contributed by atoms with Gasteiger partial charge in [0.15, 0.2) is 5.82 Å². The largest absolute Gasteiger partial charge is 0.491 e. The number of aromatic nitrogens is 2. The first-order valence-corrected chi connectivity index (χ1v) is 7.94. The number of nitriles is 1. The maximum Gasteiger partial charge on any atom is 0.325 e. The molecule has 2 heterocycles. The molecule has 3 rings (SSSR count). The molecule has 25 heavy (non-hydrogen) atoms. The molecule has 0 saturated carbocycles. The van der Waals surface area contributed by atoms with Gasteiger partial charge in [0.25, 0.3) is 5.88 Å². The molecule has 0 fully saturated rings. The fourth-order valence-electron chi connectivity index (χ4n) is 2.15. The Kier molecular flexibility index (Phi) is 5.16. The third-order valence-electron chi connectivity index (χ3n) is 3.31. The minimum atomic E-state index is -0.533. The molecule has 0 radical (unpaired) electrons. The third kappa shape index (κ3) is 4.28. The molecule has 0 atom stereocenters. The topological polar surface area (TPSA) is 109 Å². The summed E-state index contributed by atoms with van der Waals surface area (Å²) in [6.07, 6.45) is 2.70. The van der Waals surface area contributed by atoms with Crippen LogP contribution in [0.2, 0.25) is 5.02 Å². The summed E-state index contributed by atoms with van der Waals surface area (Å²) in [5.41, 5.74) is 0.548. The molecular formula is C16H14ClN5O3. The Bertz CT molecular complexity index is 837. The average Bonchev–Trinajstić information content (AvgIpc) is 2.59. The number of hydrogen-bond donors (Lipinski definition) is 2. The molecule has 2 aromatic rings. The van der Waals surface area contributed by atoms with Crippen molar-refractivity contribution >= 4 is 29.1 Å². The summed E-state index contributed by atoms with van der Waals surface area (Å²) in [5, 5.41) is 14.8. The van der Waals surface area contributed by atoms with E-state index in [1.165, 1.54) is 6.20 Å². The highest BCUT2D eigenvalue weighted by molar-refractivity contribution is 6.30. The zero-order valence-corrected chi connectivity index (χ0v) is 13.8. The van der Waals surface area contributed by atoms with Crippen molar-refractivity contribution in [2.45, 2.75) is 12.8 Å². The summed E-state index contributed by atoms with van der Waals surface area (Å²) in [6, 6.07) is 6.32. The highest BCUT2D eigenvalue weighted by Gasteiger charge is 2.14. The van der Waals surface area contributed by atoms with Gasteiger partial charge in [-0.15, -0.1) is 0 Å². The summed E-state index contributed by atoms with van der Waals surface area (Å²) in [6.45, 7) is 0.779. The van der Waals surface area contributed by atoms with E-state index in [-0.39, 0.29) is 17.4 Å². The number of nitrogens with zero attached hydrogens (tertiary/aromatic N) is 3. The van der Waals surface area contributed by atoms with E-state index in [0.717, 1.165) is 0 Å². The molecule has 2 amide bonds. The number of fused-ring (bicyclic) bond motifs is 3. The van der Waals surface area contributed by atoms with E-state index in [2.05, 4.69) is 20.6 Å². The quantitative estimate of drug-likeness (QED) is 0.747. The Morgan fingerprint density at radius 3 is 2.80 bits per heavy atom. The zero-order valence-electron chi connectivity index (χ0n) is 13.1. The lowest BCUT2D eigenvalue weighted by molar-refractivity contribution is 0.257. The first-order valence-electron chi connectivity index (χ1n) is 7.56. The van der Waals surface area contributed by atoms with E-state index in [1.807, 2.05) is 6.07 Å². The standard InChI is InChI=1S/C16H14ClN5O3/c17-10-3-4-11-13(7-10)24-5-1-2-6-25-15-12(8-18)19-9-14(21-15)22-16(23)20-11/h3-4,7,9H,1-2,5-6H2,(H2,20,21,22,23). The van der Waals surface area contributed by atoms with Gasteiger partial charge in [0.2, 0.25) is 5.69 Å². The van der Waals surface area contributed by atoms with Crippen LogP contribution in [0.3, 0.4) is 0 Å². The Morgan fingerprint density at radius 2 is 2.00 bits per heavy atom. The van der Waals surface area contributed by atoms with Gasteiger partial charge in [0, 0.05) is 11.1 Å². The Morgan fingerprint density at radius 1 is 1.20 bits per heavy atom. The van der Waals surface area contributed by atoms with Gasteiger partial charge in [-0.2, -0.15) is 10.2 Å². The lowest BCUT2D eigenvalue weighted by atomic mass is 10.3. The fourth-order valence-corrected chi connectivity index (χ4v) is 2.32. The molecule has 1 aliphatic rings. The molecule has 9 heteroatoms. The monoisotopic (exact) mass is 359 g/mol. The molecule has 0 unspecified atom stereocenters. The second kappa shape index (κ2) is 7.68. The van der Waals surface area contributed by atoms with Crippen molar-refractivity contribution in [3.63, 3.8) is 0 Å². The van der Waals surface area contributed by atoms with Crippen LogP contribution in [0.15, 0.2) is 24.4 Å². The predicted molar refractivity (Wildman–Crippen MR) is 91.1 cm³/mol. The van der Waals surface area contributed by atoms with E-state index in [0.29, 0.717) is 42.5 Å². The molecule has 0 aliphatic carbocycles. The number of rotatable bonds is 0.